The molecule has 27 heavy (non-hydrogen) atoms. The summed E-state index contributed by atoms with van der Waals surface area (Å²) in [6, 6.07) is 0. The van der Waals surface area contributed by atoms with E-state index < -0.39 is 17.9 Å². The zero-order valence-corrected chi connectivity index (χ0v) is 16.0. The second-order valence-corrected chi connectivity index (χ2v) is 7.52. The molecule has 0 amide bonds. The van der Waals surface area contributed by atoms with Crippen LogP contribution in [0.15, 0.2) is 12.7 Å². The Morgan fingerprint density at radius 3 is 2.85 bits per heavy atom. The topological polar surface area (TPSA) is 119 Å². The van der Waals surface area contributed by atoms with Gasteiger partial charge in [0.05, 0.1) is 31.7 Å². The highest BCUT2D eigenvalue weighted by Crippen LogP contribution is 2.44. The third-order valence-corrected chi connectivity index (χ3v) is 4.79. The number of nitrogen functional groups attached to an aromatic ring is 1. The Morgan fingerprint density at radius 1 is 1.30 bits per heavy atom. The SMILES string of the molecule is CC(C)OC[C@]12CNO[C@@H](C1OC(C)C)[C@H](n1cnc3c(N)ncnc31)O2. The lowest BCUT2D eigenvalue weighted by Crippen LogP contribution is -2.60. The summed E-state index contributed by atoms with van der Waals surface area (Å²) in [7, 11) is 0. The number of hydrogen-bond donors (Lipinski definition) is 2. The summed E-state index contributed by atoms with van der Waals surface area (Å²) in [5, 5.41) is 0. The number of nitrogens with zero attached hydrogens (tertiary/aromatic N) is 4. The van der Waals surface area contributed by atoms with Gasteiger partial charge >= 0.3 is 0 Å². The van der Waals surface area contributed by atoms with Crippen molar-refractivity contribution in [3.63, 3.8) is 0 Å². The quantitative estimate of drug-likeness (QED) is 0.752. The highest BCUT2D eigenvalue weighted by atomic mass is 16.7. The number of nitrogens with two attached hydrogens (primary N) is 1. The normalized spacial score (nSPS) is 30.7. The van der Waals surface area contributed by atoms with Crippen molar-refractivity contribution in [3.8, 4) is 0 Å². The molecule has 10 heteroatoms. The molecular weight excluding hydrogens is 352 g/mol. The average Bonchev–Trinajstić information content (AvgIpc) is 3.09. The van der Waals surface area contributed by atoms with E-state index in [1.165, 1.54) is 6.33 Å². The lowest BCUT2D eigenvalue weighted by molar-refractivity contribution is -0.200. The van der Waals surface area contributed by atoms with Crippen molar-refractivity contribution in [2.24, 2.45) is 0 Å². The summed E-state index contributed by atoms with van der Waals surface area (Å²) in [6.45, 7) is 8.81. The zero-order valence-electron chi connectivity index (χ0n) is 16.0. The molecule has 0 aromatic carbocycles. The highest BCUT2D eigenvalue weighted by Gasteiger charge is 2.61. The summed E-state index contributed by atoms with van der Waals surface area (Å²) >= 11 is 0. The van der Waals surface area contributed by atoms with E-state index in [0.717, 1.165) is 0 Å². The van der Waals surface area contributed by atoms with Gasteiger partial charge in [-0.3, -0.25) is 9.40 Å². The van der Waals surface area contributed by atoms with Crippen molar-refractivity contribution < 1.29 is 19.0 Å². The molecule has 0 radical (unpaired) electrons. The summed E-state index contributed by atoms with van der Waals surface area (Å²) in [5.74, 6) is 0.326. The van der Waals surface area contributed by atoms with Crippen molar-refractivity contribution in [1.29, 1.82) is 0 Å². The van der Waals surface area contributed by atoms with Gasteiger partial charge in [0.2, 0.25) is 0 Å². The Hall–Kier alpha value is -1.85. The maximum atomic E-state index is 6.51. The van der Waals surface area contributed by atoms with E-state index in [2.05, 4.69) is 20.4 Å². The first kappa shape index (κ1) is 18.5. The lowest BCUT2D eigenvalue weighted by Gasteiger charge is -2.39. The maximum Gasteiger partial charge on any atom is 0.168 e. The Kier molecular flexibility index (Phi) is 4.77. The monoisotopic (exact) mass is 378 g/mol. The van der Waals surface area contributed by atoms with Crippen LogP contribution in [0.5, 0.6) is 0 Å². The van der Waals surface area contributed by atoms with Gasteiger partial charge in [0.25, 0.3) is 0 Å². The number of hydroxylamine groups is 1. The molecule has 2 fully saturated rings. The molecule has 2 aromatic heterocycles. The van der Waals surface area contributed by atoms with E-state index in [1.807, 2.05) is 32.3 Å². The van der Waals surface area contributed by atoms with Crippen LogP contribution >= 0.6 is 0 Å². The van der Waals surface area contributed by atoms with E-state index >= 15 is 0 Å². The standard InChI is InChI=1S/C17H26N6O4/c1-9(2)24-6-17-5-22-27-12(13(17)25-10(3)4)16(26-17)23-8-21-11-14(18)19-7-20-15(11)23/h7-10,12-13,16,22H,5-6H2,1-4H3,(H2,18,19,20)/t12-,13?,16+,17+/m0/s1. The minimum absolute atomic E-state index is 0.0116. The number of rotatable bonds is 6. The first-order valence-corrected chi connectivity index (χ1v) is 9.17. The second kappa shape index (κ2) is 6.95. The predicted octanol–water partition coefficient (Wildman–Crippen LogP) is 0.798. The summed E-state index contributed by atoms with van der Waals surface area (Å²) in [6.07, 6.45) is 1.95. The van der Waals surface area contributed by atoms with Crippen molar-refractivity contribution in [2.75, 3.05) is 18.9 Å². The average molecular weight is 378 g/mol. The highest BCUT2D eigenvalue weighted by molar-refractivity contribution is 5.81. The van der Waals surface area contributed by atoms with Crippen LogP contribution < -0.4 is 11.2 Å². The summed E-state index contributed by atoms with van der Waals surface area (Å²) < 4.78 is 20.5. The minimum atomic E-state index is -0.683. The van der Waals surface area contributed by atoms with E-state index in [4.69, 9.17) is 24.8 Å². The number of imidazole rings is 1. The van der Waals surface area contributed by atoms with Gasteiger partial charge in [0.1, 0.15) is 23.5 Å². The van der Waals surface area contributed by atoms with Crippen LogP contribution in [0.4, 0.5) is 5.82 Å². The van der Waals surface area contributed by atoms with Gasteiger partial charge in [-0.15, -0.1) is 0 Å². The molecule has 2 saturated heterocycles. The Morgan fingerprint density at radius 2 is 2.11 bits per heavy atom. The molecule has 3 N–H and O–H groups in total. The van der Waals surface area contributed by atoms with Crippen molar-refractivity contribution in [1.82, 2.24) is 25.0 Å². The zero-order chi connectivity index (χ0) is 19.2. The van der Waals surface area contributed by atoms with E-state index in [9.17, 15) is 0 Å². The maximum absolute atomic E-state index is 6.51. The van der Waals surface area contributed by atoms with Crippen LogP contribution in [0.25, 0.3) is 11.2 Å². The van der Waals surface area contributed by atoms with Crippen LogP contribution in [0, 0.1) is 0 Å². The van der Waals surface area contributed by atoms with Gasteiger partial charge in [-0.05, 0) is 27.7 Å². The van der Waals surface area contributed by atoms with Gasteiger partial charge in [-0.25, -0.2) is 15.0 Å². The molecule has 148 valence electrons. The Balaban J connectivity index is 1.72. The molecule has 4 atom stereocenters. The van der Waals surface area contributed by atoms with Crippen LogP contribution in [0.3, 0.4) is 0 Å². The van der Waals surface area contributed by atoms with Crippen LogP contribution in [-0.2, 0) is 19.0 Å². The van der Waals surface area contributed by atoms with Crippen LogP contribution in [-0.4, -0.2) is 62.7 Å². The van der Waals surface area contributed by atoms with E-state index in [1.54, 1.807) is 6.33 Å². The fraction of sp³-hybridized carbons (Fsp3) is 0.706. The van der Waals surface area contributed by atoms with Crippen LogP contribution in [0.1, 0.15) is 33.9 Å². The Bertz CT molecular complexity index is 812. The van der Waals surface area contributed by atoms with Gasteiger partial charge in [0.15, 0.2) is 23.8 Å². The molecule has 0 saturated carbocycles. The molecule has 0 aliphatic carbocycles. The molecule has 2 bridgehead atoms. The number of hydrogen-bond acceptors (Lipinski definition) is 9. The number of fused-ring (bicyclic) bond motifs is 3. The molecule has 1 unspecified atom stereocenters. The molecule has 2 aliphatic rings. The molecule has 0 spiro atoms. The molecule has 2 aromatic rings. The molecule has 4 heterocycles. The second-order valence-electron chi connectivity index (χ2n) is 7.52. The molecule has 4 rings (SSSR count). The molecular formula is C17H26N6O4. The third-order valence-electron chi connectivity index (χ3n) is 4.79. The molecule has 10 nitrogen and oxygen atoms in total. The van der Waals surface area contributed by atoms with Crippen molar-refractivity contribution in [2.45, 2.75) is 63.9 Å². The first-order valence-electron chi connectivity index (χ1n) is 9.17. The Labute approximate surface area is 157 Å². The third kappa shape index (κ3) is 3.17. The summed E-state index contributed by atoms with van der Waals surface area (Å²) in [4.78, 5) is 18.5. The number of aromatic nitrogens is 4. The van der Waals surface area contributed by atoms with Gasteiger partial charge in [-0.1, -0.05) is 0 Å². The first-order chi connectivity index (χ1) is 12.9. The van der Waals surface area contributed by atoms with Crippen molar-refractivity contribution in [3.05, 3.63) is 12.7 Å². The van der Waals surface area contributed by atoms with Crippen LogP contribution in [0.2, 0.25) is 0 Å². The lowest BCUT2D eigenvalue weighted by atomic mass is 9.94. The summed E-state index contributed by atoms with van der Waals surface area (Å²) in [5.41, 5.74) is 9.35. The van der Waals surface area contributed by atoms with Gasteiger partial charge < -0.3 is 19.9 Å². The fourth-order valence-electron chi connectivity index (χ4n) is 3.59. The smallest absolute Gasteiger partial charge is 0.168 e. The van der Waals surface area contributed by atoms with E-state index in [0.29, 0.717) is 30.1 Å². The minimum Gasteiger partial charge on any atom is -0.382 e. The molecule has 2 aliphatic heterocycles. The number of ether oxygens (including phenoxy) is 3. The fourth-order valence-corrected chi connectivity index (χ4v) is 3.59. The predicted molar refractivity (Wildman–Crippen MR) is 96.6 cm³/mol. The number of nitrogens with one attached hydrogen (secondary N) is 1. The van der Waals surface area contributed by atoms with E-state index in [-0.39, 0.29) is 18.3 Å². The van der Waals surface area contributed by atoms with Gasteiger partial charge in [-0.2, -0.15) is 5.48 Å². The largest absolute Gasteiger partial charge is 0.382 e. The number of anilines is 1. The van der Waals surface area contributed by atoms with Crippen molar-refractivity contribution >= 4 is 17.0 Å². The van der Waals surface area contributed by atoms with Gasteiger partial charge in [0, 0.05) is 0 Å².